The van der Waals surface area contributed by atoms with E-state index in [1.54, 1.807) is 48.5 Å². The molecule has 0 N–H and O–H groups in total. The fourth-order valence-corrected chi connectivity index (χ4v) is 9.21. The normalized spacial score (nSPS) is 15.7. The van der Waals surface area contributed by atoms with Crippen LogP contribution in [0.25, 0.3) is 0 Å². The fourth-order valence-electron chi connectivity index (χ4n) is 5.38. The van der Waals surface area contributed by atoms with Gasteiger partial charge in [0.1, 0.15) is 0 Å². The van der Waals surface area contributed by atoms with Crippen molar-refractivity contribution in [1.82, 2.24) is 0 Å². The third-order valence-electron chi connectivity index (χ3n) is 8.11. The molecule has 3 unspecified atom stereocenters. The van der Waals surface area contributed by atoms with Crippen LogP contribution in [-0.4, -0.2) is 32.2 Å². The Morgan fingerprint density at radius 1 is 0.596 bits per heavy atom. The number of sulfone groups is 2. The lowest BCUT2D eigenvalue weighted by molar-refractivity contribution is 0.585. The molecule has 258 valence electrons. The van der Waals surface area contributed by atoms with Crippen molar-refractivity contribution in [2.45, 2.75) is 125 Å². The lowest BCUT2D eigenvalue weighted by Crippen LogP contribution is -2.20. The van der Waals surface area contributed by atoms with Crippen molar-refractivity contribution in [3.05, 3.63) is 119 Å². The predicted molar refractivity (Wildman–Crippen MR) is 205 cm³/mol. The number of benzene rings is 2. The van der Waals surface area contributed by atoms with E-state index in [0.717, 1.165) is 48.0 Å². The molecular weight excluding hydrogens is 688 g/mol. The smallest absolute Gasteiger partial charge is 0.185 e. The molecule has 0 radical (unpaired) electrons. The van der Waals surface area contributed by atoms with Gasteiger partial charge in [0, 0.05) is 4.83 Å². The Morgan fingerprint density at radius 2 is 0.979 bits per heavy atom. The summed E-state index contributed by atoms with van der Waals surface area (Å²) in [4.78, 5) is 1.08. The van der Waals surface area contributed by atoms with Gasteiger partial charge in [-0.3, -0.25) is 0 Å². The summed E-state index contributed by atoms with van der Waals surface area (Å²) in [6, 6.07) is 17.4. The van der Waals surface area contributed by atoms with E-state index >= 15 is 0 Å². The van der Waals surface area contributed by atoms with E-state index in [0.29, 0.717) is 40.3 Å². The highest BCUT2D eigenvalue weighted by molar-refractivity contribution is 9.09. The number of hydrogen-bond donors (Lipinski definition) is 0. The van der Waals surface area contributed by atoms with Gasteiger partial charge in [0.2, 0.25) is 0 Å². The first-order chi connectivity index (χ1) is 22.1. The van der Waals surface area contributed by atoms with Crippen molar-refractivity contribution in [1.29, 1.82) is 0 Å². The first kappa shape index (κ1) is 40.7. The van der Waals surface area contributed by atoms with Crippen LogP contribution in [0.2, 0.25) is 0 Å². The van der Waals surface area contributed by atoms with E-state index in [-0.39, 0.29) is 0 Å². The fraction of sp³-hybridized carbons (Fsp3) is 0.450. The monoisotopic (exact) mass is 742 g/mol. The zero-order valence-corrected chi connectivity index (χ0v) is 32.6. The van der Waals surface area contributed by atoms with E-state index < -0.39 is 30.2 Å². The van der Waals surface area contributed by atoms with Gasteiger partial charge >= 0.3 is 0 Å². The molecule has 0 aliphatic heterocycles. The summed E-state index contributed by atoms with van der Waals surface area (Å²) in [6.45, 7) is 14.3. The van der Waals surface area contributed by atoms with Gasteiger partial charge in [0.05, 0.1) is 20.3 Å². The Bertz CT molecular complexity index is 1630. The molecule has 0 bridgehead atoms. The largest absolute Gasteiger partial charge is 0.223 e. The Labute approximate surface area is 294 Å². The summed E-state index contributed by atoms with van der Waals surface area (Å²) in [5.41, 5.74) is 5.39. The third kappa shape index (κ3) is 14.7. The van der Waals surface area contributed by atoms with Gasteiger partial charge in [0.15, 0.2) is 19.7 Å². The Balaban J connectivity index is 2.27. The molecule has 0 aromatic heterocycles. The molecule has 7 heteroatoms. The second kappa shape index (κ2) is 20.1. The molecule has 0 saturated heterocycles. The molecule has 0 saturated carbocycles. The van der Waals surface area contributed by atoms with E-state index in [9.17, 15) is 16.8 Å². The number of halogens is 1. The standard InChI is InChI=1S/C40H55BrO4S2/c1-31(2)17-14-18-32(3)27-39(46(42,43)37-23-10-8-11-24-37)28-33(4)19-15-20-34(5)29-40(30-35(6)21-16-22-36(7)41)47(44,45)38-25-12-9-13-26-38/h8-13,17,19,21,23-27,29,36,39-40H,14-16,18,20,22,28,30H2,1-7H3/b32-27+,33-19+,34-29+,35-21+. The van der Waals surface area contributed by atoms with E-state index in [2.05, 4.69) is 54.9 Å². The van der Waals surface area contributed by atoms with Crippen LogP contribution in [0.5, 0.6) is 0 Å². The van der Waals surface area contributed by atoms with Crippen molar-refractivity contribution < 1.29 is 16.8 Å². The quantitative estimate of drug-likeness (QED) is 0.106. The highest BCUT2D eigenvalue weighted by atomic mass is 79.9. The summed E-state index contributed by atoms with van der Waals surface area (Å²) in [5.74, 6) is 0. The topological polar surface area (TPSA) is 68.3 Å². The molecular formula is C40H55BrO4S2. The maximum Gasteiger partial charge on any atom is 0.185 e. The average Bonchev–Trinajstić information content (AvgIpc) is 3.01. The lowest BCUT2D eigenvalue weighted by atomic mass is 10.0. The van der Waals surface area contributed by atoms with Crippen molar-refractivity contribution in [3.63, 3.8) is 0 Å². The molecule has 0 heterocycles. The molecule has 3 atom stereocenters. The third-order valence-corrected chi connectivity index (χ3v) is 12.6. The van der Waals surface area contributed by atoms with Crippen molar-refractivity contribution >= 4 is 35.6 Å². The zero-order valence-electron chi connectivity index (χ0n) is 29.4. The summed E-state index contributed by atoms with van der Waals surface area (Å²) >= 11 is 3.59. The Hall–Kier alpha value is -2.48. The van der Waals surface area contributed by atoms with Crippen LogP contribution >= 0.6 is 15.9 Å². The first-order valence-electron chi connectivity index (χ1n) is 16.6. The summed E-state index contributed by atoms with van der Waals surface area (Å²) < 4.78 is 54.9. The minimum Gasteiger partial charge on any atom is -0.223 e. The molecule has 0 aliphatic carbocycles. The van der Waals surface area contributed by atoms with E-state index in [1.807, 2.05) is 52.0 Å². The van der Waals surface area contributed by atoms with Gasteiger partial charge in [-0.05, 0) is 117 Å². The Kier molecular flexibility index (Phi) is 17.4. The number of allylic oxidation sites excluding steroid dienone is 8. The van der Waals surface area contributed by atoms with Crippen LogP contribution in [0.4, 0.5) is 0 Å². The van der Waals surface area contributed by atoms with E-state index in [4.69, 9.17) is 0 Å². The van der Waals surface area contributed by atoms with Crippen LogP contribution in [-0.2, 0) is 19.7 Å². The van der Waals surface area contributed by atoms with Crippen molar-refractivity contribution in [2.75, 3.05) is 0 Å². The predicted octanol–water partition coefficient (Wildman–Crippen LogP) is 11.3. The molecule has 2 aromatic carbocycles. The van der Waals surface area contributed by atoms with Gasteiger partial charge in [-0.2, -0.15) is 0 Å². The second-order valence-corrected chi connectivity index (χ2v) is 18.9. The minimum atomic E-state index is -3.57. The number of alkyl halides is 1. The van der Waals surface area contributed by atoms with Crippen molar-refractivity contribution in [3.8, 4) is 0 Å². The Morgan fingerprint density at radius 3 is 1.36 bits per heavy atom. The zero-order chi connectivity index (χ0) is 35.0. The van der Waals surface area contributed by atoms with Gasteiger partial charge in [0.25, 0.3) is 0 Å². The molecule has 0 aliphatic rings. The molecule has 47 heavy (non-hydrogen) atoms. The lowest BCUT2D eigenvalue weighted by Gasteiger charge is -2.17. The average molecular weight is 744 g/mol. The maximum atomic E-state index is 13.7. The van der Waals surface area contributed by atoms with Gasteiger partial charge in [-0.25, -0.2) is 16.8 Å². The number of rotatable bonds is 19. The highest BCUT2D eigenvalue weighted by Gasteiger charge is 2.27. The molecule has 0 amide bonds. The summed E-state index contributed by atoms with van der Waals surface area (Å²) in [6.07, 6.45) is 16.1. The maximum absolute atomic E-state index is 13.7. The van der Waals surface area contributed by atoms with Gasteiger partial charge in [-0.1, -0.05) is 117 Å². The number of hydrogen-bond acceptors (Lipinski definition) is 4. The highest BCUT2D eigenvalue weighted by Crippen LogP contribution is 2.27. The van der Waals surface area contributed by atoms with Crippen molar-refractivity contribution in [2.24, 2.45) is 0 Å². The summed E-state index contributed by atoms with van der Waals surface area (Å²) in [5, 5.41) is -1.32. The molecule has 2 rings (SSSR count). The van der Waals surface area contributed by atoms with Gasteiger partial charge in [-0.15, -0.1) is 0 Å². The minimum absolute atomic E-state index is 0.335. The SMILES string of the molecule is CC(C)=CCC/C(C)=C/C(C/C(C)=C/CC/C(C)=C/C(C/C(C)=C/CCC(C)Br)S(=O)(=O)c1ccccc1)S(=O)(=O)c1ccccc1. The van der Waals surface area contributed by atoms with Crippen LogP contribution in [0.1, 0.15) is 99.8 Å². The first-order valence-corrected chi connectivity index (χ1v) is 20.6. The van der Waals surface area contributed by atoms with Crippen LogP contribution in [0.15, 0.2) is 129 Å². The molecule has 2 aromatic rings. The second-order valence-electron chi connectivity index (χ2n) is 13.0. The summed E-state index contributed by atoms with van der Waals surface area (Å²) in [7, 11) is -7.15. The van der Waals surface area contributed by atoms with Crippen LogP contribution < -0.4 is 0 Å². The molecule has 4 nitrogen and oxygen atoms in total. The van der Waals surface area contributed by atoms with E-state index in [1.165, 1.54) is 5.57 Å². The van der Waals surface area contributed by atoms with Crippen LogP contribution in [0, 0.1) is 0 Å². The molecule has 0 spiro atoms. The van der Waals surface area contributed by atoms with Crippen LogP contribution in [0.3, 0.4) is 0 Å². The molecule has 0 fully saturated rings. The van der Waals surface area contributed by atoms with Gasteiger partial charge < -0.3 is 0 Å².